The third kappa shape index (κ3) is 3.30. The summed E-state index contributed by atoms with van der Waals surface area (Å²) in [4.78, 5) is 0. The summed E-state index contributed by atoms with van der Waals surface area (Å²) in [7, 11) is 1.84. The van der Waals surface area contributed by atoms with Crippen LogP contribution in [-0.4, -0.2) is 9.78 Å². The number of hydrogen-bond donors (Lipinski definition) is 0. The van der Waals surface area contributed by atoms with Crippen LogP contribution in [0.2, 0.25) is 0 Å². The molecule has 2 rings (SSSR count). The maximum Gasteiger partial charge on any atom is 0.127 e. The monoisotopic (exact) mass is 298 g/mol. The molecule has 0 aliphatic carbocycles. The third-order valence-electron chi connectivity index (χ3n) is 2.25. The van der Waals surface area contributed by atoms with E-state index < -0.39 is 0 Å². The van der Waals surface area contributed by atoms with Crippen LogP contribution < -0.4 is 4.74 Å². The Morgan fingerprint density at radius 1 is 1.35 bits per heavy atom. The molecule has 1 aromatic heterocycles. The summed E-state index contributed by atoms with van der Waals surface area (Å²) in [6, 6.07) is 4.67. The van der Waals surface area contributed by atoms with Crippen molar-refractivity contribution in [2.45, 2.75) is 11.9 Å². The zero-order chi connectivity index (χ0) is 12.3. The molecule has 1 aromatic carbocycles. The third-order valence-corrected chi connectivity index (χ3v) is 2.90. The number of aromatic nitrogens is 2. The summed E-state index contributed by atoms with van der Waals surface area (Å²) < 4.78 is 20.4. The van der Waals surface area contributed by atoms with Gasteiger partial charge in [0.25, 0.3) is 0 Å². The average molecular weight is 299 g/mol. The van der Waals surface area contributed by atoms with Crippen LogP contribution in [0.15, 0.2) is 30.6 Å². The standard InChI is InChI=1S/C12H12BrFN2O/c1-16-7-10(6-15-16)8-17-12-3-9(5-13)2-11(14)4-12/h2-4,6-7H,5,8H2,1H3. The number of benzene rings is 1. The van der Waals surface area contributed by atoms with Gasteiger partial charge in [-0.05, 0) is 17.7 Å². The predicted molar refractivity (Wildman–Crippen MR) is 66.6 cm³/mol. The first kappa shape index (κ1) is 12.1. The van der Waals surface area contributed by atoms with Gasteiger partial charge in [0.1, 0.15) is 18.2 Å². The quantitative estimate of drug-likeness (QED) is 0.811. The van der Waals surface area contributed by atoms with Gasteiger partial charge in [0, 0.05) is 30.2 Å². The molecule has 0 aliphatic heterocycles. The molecule has 0 spiro atoms. The number of nitrogens with zero attached hydrogens (tertiary/aromatic N) is 2. The molecule has 0 atom stereocenters. The van der Waals surface area contributed by atoms with Gasteiger partial charge in [-0.1, -0.05) is 15.9 Å². The Morgan fingerprint density at radius 3 is 2.82 bits per heavy atom. The molecule has 0 saturated heterocycles. The summed E-state index contributed by atoms with van der Waals surface area (Å²) in [5, 5.41) is 4.64. The lowest BCUT2D eigenvalue weighted by Gasteiger charge is -2.06. The fraction of sp³-hybridized carbons (Fsp3) is 0.250. The summed E-state index contributed by atoms with van der Waals surface area (Å²) in [6.07, 6.45) is 3.59. The van der Waals surface area contributed by atoms with Gasteiger partial charge in [-0.2, -0.15) is 5.10 Å². The van der Waals surface area contributed by atoms with Crippen molar-refractivity contribution >= 4 is 15.9 Å². The maximum atomic E-state index is 13.2. The highest BCUT2D eigenvalue weighted by Crippen LogP contribution is 2.19. The molecule has 5 heteroatoms. The summed E-state index contributed by atoms with van der Waals surface area (Å²) in [5.41, 5.74) is 1.81. The van der Waals surface area contributed by atoms with Crippen LogP contribution >= 0.6 is 15.9 Å². The van der Waals surface area contributed by atoms with Gasteiger partial charge in [0.15, 0.2) is 0 Å². The fourth-order valence-electron chi connectivity index (χ4n) is 1.49. The van der Waals surface area contributed by atoms with E-state index in [4.69, 9.17) is 4.74 Å². The van der Waals surface area contributed by atoms with Crippen molar-refractivity contribution in [1.82, 2.24) is 9.78 Å². The predicted octanol–water partition coefficient (Wildman–Crippen LogP) is 3.03. The second-order valence-corrected chi connectivity index (χ2v) is 4.30. The van der Waals surface area contributed by atoms with Crippen LogP contribution in [0.3, 0.4) is 0 Å². The molecule has 0 amide bonds. The lowest BCUT2D eigenvalue weighted by Crippen LogP contribution is -1.95. The second kappa shape index (κ2) is 5.31. The van der Waals surface area contributed by atoms with Gasteiger partial charge in [0.2, 0.25) is 0 Å². The van der Waals surface area contributed by atoms with Gasteiger partial charge in [-0.3, -0.25) is 4.68 Å². The zero-order valence-corrected chi connectivity index (χ0v) is 10.9. The number of ether oxygens (including phenoxy) is 1. The number of rotatable bonds is 4. The molecule has 0 unspecified atom stereocenters. The molecule has 0 aliphatic rings. The molecule has 1 heterocycles. The van der Waals surface area contributed by atoms with E-state index in [1.54, 1.807) is 10.9 Å². The van der Waals surface area contributed by atoms with Crippen molar-refractivity contribution in [3.8, 4) is 5.75 Å². The van der Waals surface area contributed by atoms with E-state index in [9.17, 15) is 4.39 Å². The van der Waals surface area contributed by atoms with Gasteiger partial charge in [-0.15, -0.1) is 0 Å². The largest absolute Gasteiger partial charge is 0.489 e. The molecular weight excluding hydrogens is 287 g/mol. The molecule has 90 valence electrons. The highest BCUT2D eigenvalue weighted by molar-refractivity contribution is 9.08. The van der Waals surface area contributed by atoms with E-state index in [1.807, 2.05) is 19.3 Å². The van der Waals surface area contributed by atoms with E-state index in [1.165, 1.54) is 12.1 Å². The molecule has 3 nitrogen and oxygen atoms in total. The van der Waals surface area contributed by atoms with Gasteiger partial charge < -0.3 is 4.74 Å². The van der Waals surface area contributed by atoms with E-state index in [-0.39, 0.29) is 5.82 Å². The van der Waals surface area contributed by atoms with Crippen molar-refractivity contribution in [1.29, 1.82) is 0 Å². The maximum absolute atomic E-state index is 13.2. The molecule has 0 bridgehead atoms. The Labute approximate surface area is 107 Å². The van der Waals surface area contributed by atoms with Crippen LogP contribution in [0, 0.1) is 5.82 Å². The molecule has 17 heavy (non-hydrogen) atoms. The van der Waals surface area contributed by atoms with Crippen LogP contribution in [0.4, 0.5) is 4.39 Å². The van der Waals surface area contributed by atoms with Crippen molar-refractivity contribution in [2.24, 2.45) is 7.05 Å². The minimum Gasteiger partial charge on any atom is -0.489 e. The number of aryl methyl sites for hydroxylation is 1. The van der Waals surface area contributed by atoms with Crippen molar-refractivity contribution in [3.05, 3.63) is 47.5 Å². The Bertz CT molecular complexity index is 513. The normalized spacial score (nSPS) is 10.5. The summed E-state index contributed by atoms with van der Waals surface area (Å²) in [6.45, 7) is 0.388. The number of alkyl halides is 1. The van der Waals surface area contributed by atoms with Crippen molar-refractivity contribution < 1.29 is 9.13 Å². The highest BCUT2D eigenvalue weighted by Gasteiger charge is 2.02. The number of hydrogen-bond acceptors (Lipinski definition) is 2. The minimum atomic E-state index is -0.289. The van der Waals surface area contributed by atoms with Crippen molar-refractivity contribution in [2.75, 3.05) is 0 Å². The molecule has 0 fully saturated rings. The molecule has 0 N–H and O–H groups in total. The van der Waals surface area contributed by atoms with E-state index in [0.717, 1.165) is 11.1 Å². The Balaban J connectivity index is 2.05. The van der Waals surface area contributed by atoms with E-state index >= 15 is 0 Å². The molecular formula is C12H12BrFN2O. The van der Waals surface area contributed by atoms with Gasteiger partial charge in [-0.25, -0.2) is 4.39 Å². The smallest absolute Gasteiger partial charge is 0.127 e. The fourth-order valence-corrected chi connectivity index (χ4v) is 1.82. The van der Waals surface area contributed by atoms with Crippen LogP contribution in [0.1, 0.15) is 11.1 Å². The lowest BCUT2D eigenvalue weighted by atomic mass is 10.2. The van der Waals surface area contributed by atoms with Crippen LogP contribution in [-0.2, 0) is 19.0 Å². The molecule has 0 saturated carbocycles. The molecule has 2 aromatic rings. The SMILES string of the molecule is Cn1cc(COc2cc(F)cc(CBr)c2)cn1. The Kier molecular flexibility index (Phi) is 3.78. The zero-order valence-electron chi connectivity index (χ0n) is 9.36. The van der Waals surface area contributed by atoms with Crippen LogP contribution in [0.5, 0.6) is 5.75 Å². The van der Waals surface area contributed by atoms with Crippen LogP contribution in [0.25, 0.3) is 0 Å². The summed E-state index contributed by atoms with van der Waals surface area (Å²) in [5.74, 6) is 0.242. The average Bonchev–Trinajstić information content (AvgIpc) is 2.72. The summed E-state index contributed by atoms with van der Waals surface area (Å²) >= 11 is 3.29. The first-order valence-electron chi connectivity index (χ1n) is 5.13. The second-order valence-electron chi connectivity index (χ2n) is 3.74. The Morgan fingerprint density at radius 2 is 2.18 bits per heavy atom. The topological polar surface area (TPSA) is 27.1 Å². The minimum absolute atomic E-state index is 0.289. The van der Waals surface area contributed by atoms with E-state index in [0.29, 0.717) is 17.7 Å². The van der Waals surface area contributed by atoms with E-state index in [2.05, 4.69) is 21.0 Å². The number of halogens is 2. The first-order chi connectivity index (χ1) is 8.17. The highest BCUT2D eigenvalue weighted by atomic mass is 79.9. The first-order valence-corrected chi connectivity index (χ1v) is 6.25. The van der Waals surface area contributed by atoms with Gasteiger partial charge in [0.05, 0.1) is 6.20 Å². The molecule has 0 radical (unpaired) electrons. The Hall–Kier alpha value is -1.36. The lowest BCUT2D eigenvalue weighted by molar-refractivity contribution is 0.304. The van der Waals surface area contributed by atoms with Gasteiger partial charge >= 0.3 is 0 Å². The van der Waals surface area contributed by atoms with Crippen molar-refractivity contribution in [3.63, 3.8) is 0 Å².